The number of hydrogen-bond acceptors (Lipinski definition) is 1. The molecule has 1 amide bonds. The van der Waals surface area contributed by atoms with E-state index in [1.807, 2.05) is 0 Å². The van der Waals surface area contributed by atoms with Crippen LogP contribution in [0.25, 0.3) is 0 Å². The third-order valence-electron chi connectivity index (χ3n) is 3.15. The molecular formula is C13H15BrFNO. The minimum absolute atomic E-state index is 0.190. The molecule has 0 heterocycles. The summed E-state index contributed by atoms with van der Waals surface area (Å²) < 4.78 is 13.7. The summed E-state index contributed by atoms with van der Waals surface area (Å²) in [4.78, 5) is 11.9. The van der Waals surface area contributed by atoms with Crippen molar-refractivity contribution < 1.29 is 9.18 Å². The maximum Gasteiger partial charge on any atom is 0.251 e. The lowest BCUT2D eigenvalue weighted by atomic mass is 10.1. The van der Waals surface area contributed by atoms with Gasteiger partial charge in [-0.2, -0.15) is 0 Å². The predicted molar refractivity (Wildman–Crippen MR) is 68.4 cm³/mol. The van der Waals surface area contributed by atoms with Crippen molar-refractivity contribution in [1.29, 1.82) is 0 Å². The zero-order valence-corrected chi connectivity index (χ0v) is 11.3. The zero-order valence-electron chi connectivity index (χ0n) is 9.67. The first-order valence-corrected chi connectivity index (χ1v) is 6.61. The van der Waals surface area contributed by atoms with Crippen LogP contribution in [0.2, 0.25) is 0 Å². The number of nitrogens with one attached hydrogen (secondary N) is 1. The highest BCUT2D eigenvalue weighted by atomic mass is 79.9. The number of rotatable bonds is 2. The highest BCUT2D eigenvalue weighted by Gasteiger charge is 2.23. The molecule has 2 atom stereocenters. The molecule has 0 spiro atoms. The Morgan fingerprint density at radius 1 is 1.41 bits per heavy atom. The van der Waals surface area contributed by atoms with Crippen LogP contribution in [-0.4, -0.2) is 11.9 Å². The van der Waals surface area contributed by atoms with Crippen LogP contribution in [0.15, 0.2) is 22.7 Å². The van der Waals surface area contributed by atoms with Crippen LogP contribution in [0.3, 0.4) is 0 Å². The molecule has 1 N–H and O–H groups in total. The third-order valence-corrected chi connectivity index (χ3v) is 3.61. The lowest BCUT2D eigenvalue weighted by molar-refractivity contribution is 0.0937. The van der Waals surface area contributed by atoms with Crippen LogP contribution < -0.4 is 5.32 Å². The van der Waals surface area contributed by atoms with Crippen molar-refractivity contribution in [2.75, 3.05) is 0 Å². The smallest absolute Gasteiger partial charge is 0.251 e. The van der Waals surface area contributed by atoms with E-state index in [1.165, 1.54) is 12.1 Å². The molecule has 2 rings (SSSR count). The van der Waals surface area contributed by atoms with E-state index in [0.717, 1.165) is 19.3 Å². The second-order valence-corrected chi connectivity index (χ2v) is 5.66. The average molecular weight is 300 g/mol. The van der Waals surface area contributed by atoms with Crippen LogP contribution in [0.4, 0.5) is 4.39 Å². The quantitative estimate of drug-likeness (QED) is 0.890. The molecule has 0 saturated heterocycles. The molecule has 1 saturated carbocycles. The second kappa shape index (κ2) is 5.17. The van der Waals surface area contributed by atoms with Crippen LogP contribution in [-0.2, 0) is 0 Å². The van der Waals surface area contributed by atoms with E-state index in [9.17, 15) is 9.18 Å². The Labute approximate surface area is 109 Å². The number of benzene rings is 1. The Morgan fingerprint density at radius 2 is 2.18 bits per heavy atom. The van der Waals surface area contributed by atoms with E-state index in [0.29, 0.717) is 16.0 Å². The monoisotopic (exact) mass is 299 g/mol. The Balaban J connectivity index is 2.04. The van der Waals surface area contributed by atoms with Crippen molar-refractivity contribution in [1.82, 2.24) is 5.32 Å². The van der Waals surface area contributed by atoms with Gasteiger partial charge in [-0.05, 0) is 43.4 Å². The molecule has 1 aromatic carbocycles. The molecule has 0 radical (unpaired) electrons. The summed E-state index contributed by atoms with van der Waals surface area (Å²) in [7, 11) is 0. The highest BCUT2D eigenvalue weighted by Crippen LogP contribution is 2.25. The van der Waals surface area contributed by atoms with E-state index in [4.69, 9.17) is 0 Å². The van der Waals surface area contributed by atoms with E-state index in [1.54, 1.807) is 6.07 Å². The van der Waals surface area contributed by atoms with Gasteiger partial charge >= 0.3 is 0 Å². The van der Waals surface area contributed by atoms with Gasteiger partial charge in [0.1, 0.15) is 5.82 Å². The first-order chi connectivity index (χ1) is 8.04. The highest BCUT2D eigenvalue weighted by molar-refractivity contribution is 9.10. The number of halogens is 2. The number of hydrogen-bond donors (Lipinski definition) is 1. The van der Waals surface area contributed by atoms with Crippen LogP contribution in [0.1, 0.15) is 36.5 Å². The van der Waals surface area contributed by atoms with Gasteiger partial charge in [0.05, 0.1) is 0 Å². The maximum atomic E-state index is 13.2. The van der Waals surface area contributed by atoms with E-state index < -0.39 is 5.82 Å². The largest absolute Gasteiger partial charge is 0.349 e. The zero-order chi connectivity index (χ0) is 12.4. The van der Waals surface area contributed by atoms with Gasteiger partial charge in [0.15, 0.2) is 0 Å². The molecule has 1 aliphatic rings. The average Bonchev–Trinajstić information content (AvgIpc) is 2.62. The SMILES string of the molecule is CC1CCC(NC(=O)c2cc(F)cc(Br)c2)C1. The number of carbonyl (C=O) groups excluding carboxylic acids is 1. The Kier molecular flexibility index (Phi) is 3.82. The van der Waals surface area contributed by atoms with Gasteiger partial charge < -0.3 is 5.32 Å². The Hall–Kier alpha value is -0.900. The lowest BCUT2D eigenvalue weighted by Gasteiger charge is -2.12. The first kappa shape index (κ1) is 12.6. The Bertz CT molecular complexity index is 415. The minimum Gasteiger partial charge on any atom is -0.349 e. The Morgan fingerprint density at radius 3 is 2.76 bits per heavy atom. The van der Waals surface area contributed by atoms with E-state index in [2.05, 4.69) is 28.2 Å². The fraction of sp³-hybridized carbons (Fsp3) is 0.462. The van der Waals surface area contributed by atoms with Gasteiger partial charge in [-0.3, -0.25) is 4.79 Å². The summed E-state index contributed by atoms with van der Waals surface area (Å²) in [5.74, 6) is 0.0770. The fourth-order valence-corrected chi connectivity index (χ4v) is 2.76. The first-order valence-electron chi connectivity index (χ1n) is 5.81. The molecule has 1 aliphatic carbocycles. The summed E-state index contributed by atoms with van der Waals surface area (Å²) in [6.07, 6.45) is 3.18. The number of amides is 1. The number of carbonyl (C=O) groups is 1. The molecule has 0 aromatic heterocycles. The van der Waals surface area contributed by atoms with E-state index in [-0.39, 0.29) is 11.9 Å². The topological polar surface area (TPSA) is 29.1 Å². The van der Waals surface area contributed by atoms with Gasteiger partial charge in [-0.1, -0.05) is 22.9 Å². The van der Waals surface area contributed by atoms with Gasteiger partial charge in [0.25, 0.3) is 5.91 Å². The fourth-order valence-electron chi connectivity index (χ4n) is 2.29. The maximum absolute atomic E-state index is 13.2. The normalized spacial score (nSPS) is 23.7. The van der Waals surface area contributed by atoms with Crippen LogP contribution in [0.5, 0.6) is 0 Å². The summed E-state index contributed by atoms with van der Waals surface area (Å²) in [5, 5.41) is 2.95. The van der Waals surface area contributed by atoms with Gasteiger partial charge in [0.2, 0.25) is 0 Å². The molecule has 2 nitrogen and oxygen atoms in total. The molecule has 1 fully saturated rings. The summed E-state index contributed by atoms with van der Waals surface area (Å²) in [6, 6.07) is 4.48. The van der Waals surface area contributed by atoms with Gasteiger partial charge in [0, 0.05) is 16.1 Å². The van der Waals surface area contributed by atoms with Crippen molar-refractivity contribution in [2.24, 2.45) is 5.92 Å². The van der Waals surface area contributed by atoms with Crippen molar-refractivity contribution in [2.45, 2.75) is 32.2 Å². The standard InChI is InChI=1S/C13H15BrFNO/c1-8-2-3-12(4-8)16-13(17)9-5-10(14)7-11(15)6-9/h5-8,12H,2-4H2,1H3,(H,16,17). The summed E-state index contributed by atoms with van der Waals surface area (Å²) >= 11 is 3.18. The van der Waals surface area contributed by atoms with E-state index >= 15 is 0 Å². The molecule has 4 heteroatoms. The van der Waals surface area contributed by atoms with Gasteiger partial charge in [-0.25, -0.2) is 4.39 Å². The molecule has 0 aliphatic heterocycles. The predicted octanol–water partition coefficient (Wildman–Crippen LogP) is 3.51. The van der Waals surface area contributed by atoms with Crippen molar-refractivity contribution >= 4 is 21.8 Å². The summed E-state index contributed by atoms with van der Waals surface area (Å²) in [5.41, 5.74) is 0.372. The molecule has 0 bridgehead atoms. The van der Waals surface area contributed by atoms with Crippen LogP contribution >= 0.6 is 15.9 Å². The summed E-state index contributed by atoms with van der Waals surface area (Å²) in [6.45, 7) is 2.19. The van der Waals surface area contributed by atoms with Crippen LogP contribution in [0, 0.1) is 11.7 Å². The molecule has 17 heavy (non-hydrogen) atoms. The lowest BCUT2D eigenvalue weighted by Crippen LogP contribution is -2.32. The molecule has 2 unspecified atom stereocenters. The molecule has 1 aromatic rings. The van der Waals surface area contributed by atoms with Crippen molar-refractivity contribution in [3.63, 3.8) is 0 Å². The minimum atomic E-state index is -0.399. The molecule has 92 valence electrons. The van der Waals surface area contributed by atoms with Crippen molar-refractivity contribution in [3.8, 4) is 0 Å². The second-order valence-electron chi connectivity index (χ2n) is 4.75. The van der Waals surface area contributed by atoms with Gasteiger partial charge in [-0.15, -0.1) is 0 Å². The third kappa shape index (κ3) is 3.28. The molecular weight excluding hydrogens is 285 g/mol. The van der Waals surface area contributed by atoms with Crippen molar-refractivity contribution in [3.05, 3.63) is 34.1 Å².